The molecule has 0 aromatic heterocycles. The van der Waals surface area contributed by atoms with E-state index in [1.807, 2.05) is 44.2 Å². The van der Waals surface area contributed by atoms with Gasteiger partial charge in [-0.3, -0.25) is 4.79 Å². The van der Waals surface area contributed by atoms with Crippen molar-refractivity contribution < 1.29 is 29.0 Å². The number of carbonyl (C=O) groups is 3. The first-order chi connectivity index (χ1) is 14.5. The number of likely N-dealkylation sites (tertiary alicyclic amines) is 1. The van der Waals surface area contributed by atoms with Gasteiger partial charge in [0.2, 0.25) is 0 Å². The number of carboxylic acid groups (broad SMARTS) is 1. The van der Waals surface area contributed by atoms with Crippen molar-refractivity contribution in [2.75, 3.05) is 6.54 Å². The van der Waals surface area contributed by atoms with E-state index in [4.69, 9.17) is 9.47 Å². The number of amides is 2. The molecule has 1 aromatic carbocycles. The molecule has 0 bridgehead atoms. The number of hydrogen-bond acceptors (Lipinski definition) is 5. The lowest BCUT2D eigenvalue weighted by atomic mass is 9.95. The van der Waals surface area contributed by atoms with Gasteiger partial charge in [-0.25, -0.2) is 9.59 Å². The van der Waals surface area contributed by atoms with Crippen LogP contribution in [-0.2, 0) is 20.9 Å². The molecule has 2 amide bonds. The van der Waals surface area contributed by atoms with Crippen LogP contribution in [0.4, 0.5) is 9.59 Å². The standard InChI is InChI=1S/C23H34N2O6/c1-16(2)25(22(29)30-15-17-9-7-6-8-10-17)19-12-11-18(13-20(26)27)24(14-19)21(28)31-23(3,4)5/h6-10,16,18-19H,11-15H2,1-5H3,(H,26,27)/t18-,19-/m1/s1. The third-order valence-electron chi connectivity index (χ3n) is 5.09. The number of benzene rings is 1. The average molecular weight is 435 g/mol. The summed E-state index contributed by atoms with van der Waals surface area (Å²) in [4.78, 5) is 40.1. The zero-order valence-corrected chi connectivity index (χ0v) is 19.0. The third kappa shape index (κ3) is 7.45. The molecule has 1 aromatic rings. The number of hydrogen-bond donors (Lipinski definition) is 1. The molecule has 1 aliphatic rings. The van der Waals surface area contributed by atoms with E-state index in [1.54, 1.807) is 25.7 Å². The maximum atomic E-state index is 12.9. The number of carboxylic acids is 1. The Labute approximate surface area is 184 Å². The Bertz CT molecular complexity index is 759. The molecule has 0 aliphatic carbocycles. The summed E-state index contributed by atoms with van der Waals surface area (Å²) < 4.78 is 11.0. The van der Waals surface area contributed by atoms with Crippen molar-refractivity contribution in [3.63, 3.8) is 0 Å². The highest BCUT2D eigenvalue weighted by Gasteiger charge is 2.39. The smallest absolute Gasteiger partial charge is 0.410 e. The van der Waals surface area contributed by atoms with Crippen molar-refractivity contribution in [3.05, 3.63) is 35.9 Å². The minimum absolute atomic E-state index is 0.148. The summed E-state index contributed by atoms with van der Waals surface area (Å²) in [6, 6.07) is 8.51. The molecule has 1 aliphatic heterocycles. The van der Waals surface area contributed by atoms with E-state index < -0.39 is 29.8 Å². The van der Waals surface area contributed by atoms with Crippen LogP contribution in [0, 0.1) is 0 Å². The van der Waals surface area contributed by atoms with Crippen LogP contribution in [-0.4, -0.2) is 63.3 Å². The first kappa shape index (κ1) is 24.5. The summed E-state index contributed by atoms with van der Waals surface area (Å²) in [6.07, 6.45) is -0.137. The highest BCUT2D eigenvalue weighted by atomic mass is 16.6. The monoisotopic (exact) mass is 434 g/mol. The fourth-order valence-corrected chi connectivity index (χ4v) is 3.77. The molecule has 172 valence electrons. The largest absolute Gasteiger partial charge is 0.481 e. The van der Waals surface area contributed by atoms with Crippen LogP contribution < -0.4 is 0 Å². The van der Waals surface area contributed by atoms with Crippen molar-refractivity contribution in [3.8, 4) is 0 Å². The lowest BCUT2D eigenvalue weighted by Crippen LogP contribution is -2.57. The Hall–Kier alpha value is -2.77. The number of carbonyl (C=O) groups excluding carboxylic acids is 2. The summed E-state index contributed by atoms with van der Waals surface area (Å²) in [7, 11) is 0. The van der Waals surface area contributed by atoms with Gasteiger partial charge in [-0.1, -0.05) is 30.3 Å². The highest BCUT2D eigenvalue weighted by Crippen LogP contribution is 2.27. The van der Waals surface area contributed by atoms with E-state index in [-0.39, 0.29) is 31.7 Å². The predicted molar refractivity (Wildman–Crippen MR) is 116 cm³/mol. The highest BCUT2D eigenvalue weighted by molar-refractivity contribution is 5.73. The first-order valence-electron chi connectivity index (χ1n) is 10.7. The number of piperidine rings is 1. The lowest BCUT2D eigenvalue weighted by molar-refractivity contribution is -0.138. The maximum Gasteiger partial charge on any atom is 0.410 e. The number of rotatable bonds is 6. The SMILES string of the molecule is CC(C)N(C(=O)OCc1ccccc1)[C@@H]1CC[C@H](CC(=O)O)N(C(=O)OC(C)(C)C)C1. The second-order valence-corrected chi connectivity index (χ2v) is 9.16. The molecule has 8 heteroatoms. The number of ether oxygens (including phenoxy) is 2. The molecule has 31 heavy (non-hydrogen) atoms. The van der Waals surface area contributed by atoms with Crippen LogP contribution in [0.2, 0.25) is 0 Å². The Kier molecular flexibility index (Phi) is 8.30. The second kappa shape index (κ2) is 10.5. The Morgan fingerprint density at radius 1 is 1.16 bits per heavy atom. The first-order valence-corrected chi connectivity index (χ1v) is 10.7. The third-order valence-corrected chi connectivity index (χ3v) is 5.09. The van der Waals surface area contributed by atoms with E-state index >= 15 is 0 Å². The zero-order chi connectivity index (χ0) is 23.2. The quantitative estimate of drug-likeness (QED) is 0.718. The van der Waals surface area contributed by atoms with Crippen molar-refractivity contribution in [1.82, 2.24) is 9.80 Å². The van der Waals surface area contributed by atoms with Crippen LogP contribution in [0.1, 0.15) is 59.4 Å². The van der Waals surface area contributed by atoms with Gasteiger partial charge >= 0.3 is 18.2 Å². The van der Waals surface area contributed by atoms with Crippen LogP contribution in [0.15, 0.2) is 30.3 Å². The fraction of sp³-hybridized carbons (Fsp3) is 0.609. The van der Waals surface area contributed by atoms with Gasteiger partial charge in [0.25, 0.3) is 0 Å². The molecule has 0 spiro atoms. The predicted octanol–water partition coefficient (Wildman–Crippen LogP) is 4.28. The van der Waals surface area contributed by atoms with E-state index in [2.05, 4.69) is 0 Å². The summed E-state index contributed by atoms with van der Waals surface area (Å²) in [5, 5.41) is 9.26. The Balaban J connectivity index is 2.14. The van der Waals surface area contributed by atoms with Gasteiger partial charge in [-0.2, -0.15) is 0 Å². The lowest BCUT2D eigenvalue weighted by Gasteiger charge is -2.44. The minimum Gasteiger partial charge on any atom is -0.481 e. The molecule has 2 atom stereocenters. The van der Waals surface area contributed by atoms with Crippen LogP contribution >= 0.6 is 0 Å². The molecular formula is C23H34N2O6. The van der Waals surface area contributed by atoms with Gasteiger partial charge in [-0.05, 0) is 53.0 Å². The molecule has 2 rings (SSSR count). The molecule has 0 unspecified atom stereocenters. The van der Waals surface area contributed by atoms with Crippen molar-refractivity contribution in [2.45, 2.75) is 84.2 Å². The number of aliphatic carboxylic acids is 1. The van der Waals surface area contributed by atoms with Crippen LogP contribution in [0.25, 0.3) is 0 Å². The van der Waals surface area contributed by atoms with Crippen molar-refractivity contribution in [1.29, 1.82) is 0 Å². The van der Waals surface area contributed by atoms with E-state index in [0.29, 0.717) is 12.8 Å². The van der Waals surface area contributed by atoms with Gasteiger partial charge in [0.1, 0.15) is 12.2 Å². The summed E-state index contributed by atoms with van der Waals surface area (Å²) >= 11 is 0. The summed E-state index contributed by atoms with van der Waals surface area (Å²) in [5.41, 5.74) is 0.185. The average Bonchev–Trinajstić information content (AvgIpc) is 2.66. The molecular weight excluding hydrogens is 400 g/mol. The molecule has 0 saturated carbocycles. The van der Waals surface area contributed by atoms with Crippen LogP contribution in [0.3, 0.4) is 0 Å². The van der Waals surface area contributed by atoms with E-state index in [1.165, 1.54) is 4.90 Å². The maximum absolute atomic E-state index is 12.9. The van der Waals surface area contributed by atoms with E-state index in [0.717, 1.165) is 5.56 Å². The molecule has 0 radical (unpaired) electrons. The second-order valence-electron chi connectivity index (χ2n) is 9.16. The molecule has 1 fully saturated rings. The summed E-state index contributed by atoms with van der Waals surface area (Å²) in [5.74, 6) is -0.972. The topological polar surface area (TPSA) is 96.4 Å². The van der Waals surface area contributed by atoms with Gasteiger partial charge in [0.15, 0.2) is 0 Å². The van der Waals surface area contributed by atoms with Crippen molar-refractivity contribution in [2.24, 2.45) is 0 Å². The zero-order valence-electron chi connectivity index (χ0n) is 19.0. The molecule has 1 saturated heterocycles. The number of nitrogens with zero attached hydrogens (tertiary/aromatic N) is 2. The normalized spacial score (nSPS) is 19.1. The van der Waals surface area contributed by atoms with Gasteiger partial charge in [0, 0.05) is 18.6 Å². The van der Waals surface area contributed by atoms with Gasteiger partial charge in [0.05, 0.1) is 12.5 Å². The minimum atomic E-state index is -0.972. The van der Waals surface area contributed by atoms with Gasteiger partial charge < -0.3 is 24.4 Å². The Morgan fingerprint density at radius 2 is 1.81 bits per heavy atom. The van der Waals surface area contributed by atoms with Crippen LogP contribution in [0.5, 0.6) is 0 Å². The molecule has 1 heterocycles. The molecule has 1 N–H and O–H groups in total. The fourth-order valence-electron chi connectivity index (χ4n) is 3.77. The van der Waals surface area contributed by atoms with Gasteiger partial charge in [-0.15, -0.1) is 0 Å². The molecule has 8 nitrogen and oxygen atoms in total. The van der Waals surface area contributed by atoms with E-state index in [9.17, 15) is 19.5 Å². The summed E-state index contributed by atoms with van der Waals surface area (Å²) in [6.45, 7) is 9.44. The Morgan fingerprint density at radius 3 is 2.35 bits per heavy atom. The van der Waals surface area contributed by atoms with Crippen molar-refractivity contribution >= 4 is 18.2 Å².